The maximum Gasteiger partial charge on any atom is 0.343 e. The number of hydrogen-bond donors (Lipinski definition) is 3. The topological polar surface area (TPSA) is 148 Å². The van der Waals surface area contributed by atoms with E-state index in [-0.39, 0.29) is 48.4 Å². The van der Waals surface area contributed by atoms with Gasteiger partial charge in [-0.1, -0.05) is 6.92 Å². The number of nitrogen functional groups attached to an aromatic ring is 1. The van der Waals surface area contributed by atoms with Crippen LogP contribution in [0.25, 0.3) is 22.3 Å². The van der Waals surface area contributed by atoms with Crippen LogP contribution in [-0.2, 0) is 39.6 Å². The molecule has 1 aromatic carbocycles. The van der Waals surface area contributed by atoms with Gasteiger partial charge in [-0.25, -0.2) is 14.2 Å². The molecule has 182 valence electrons. The second kappa shape index (κ2) is 7.85. The molecule has 0 radical (unpaired) electrons. The van der Waals surface area contributed by atoms with Gasteiger partial charge in [0.15, 0.2) is 5.60 Å². The van der Waals surface area contributed by atoms with Crippen molar-refractivity contribution in [3.05, 3.63) is 56.6 Å². The summed E-state index contributed by atoms with van der Waals surface area (Å²) in [5.74, 6) is -2.02. The molecule has 0 spiro atoms. The first kappa shape index (κ1) is 22.9. The molecule has 1 amide bonds. The van der Waals surface area contributed by atoms with E-state index in [1.165, 1.54) is 28.6 Å². The van der Waals surface area contributed by atoms with Crippen LogP contribution in [0.1, 0.15) is 35.6 Å². The Bertz CT molecular complexity index is 1500. The molecule has 0 saturated carbocycles. The predicted molar refractivity (Wildman–Crippen MR) is 122 cm³/mol. The molecule has 2 aliphatic rings. The van der Waals surface area contributed by atoms with Crippen molar-refractivity contribution in [2.24, 2.45) is 0 Å². The van der Waals surface area contributed by atoms with Gasteiger partial charge in [0, 0.05) is 36.2 Å². The number of aliphatic hydroxyl groups excluding tert-OH is 1. The summed E-state index contributed by atoms with van der Waals surface area (Å²) in [6, 6.07) is 4.18. The van der Waals surface area contributed by atoms with Crippen molar-refractivity contribution in [2.45, 2.75) is 38.6 Å². The number of benzene rings is 1. The number of nitrogens with two attached hydrogens (primary N) is 1. The molecule has 2 aliphatic heterocycles. The largest absolute Gasteiger partial charge is 0.458 e. The number of anilines is 1. The highest BCUT2D eigenvalue weighted by Gasteiger charge is 2.45. The van der Waals surface area contributed by atoms with E-state index >= 15 is 0 Å². The molecular formula is C24H23FN4O6. The number of likely N-dealkylation sites (N-methyl/N-ethyl adjacent to an activating group) is 1. The van der Waals surface area contributed by atoms with Gasteiger partial charge >= 0.3 is 5.97 Å². The number of hydrogen-bond acceptors (Lipinski definition) is 8. The molecule has 10 nitrogen and oxygen atoms in total. The molecule has 0 saturated heterocycles. The van der Waals surface area contributed by atoms with Crippen molar-refractivity contribution in [2.75, 3.05) is 19.4 Å². The van der Waals surface area contributed by atoms with Crippen molar-refractivity contribution < 1.29 is 28.9 Å². The lowest BCUT2D eigenvalue weighted by molar-refractivity contribution is -0.172. The molecule has 1 atom stereocenters. The van der Waals surface area contributed by atoms with E-state index in [4.69, 9.17) is 10.5 Å². The average molecular weight is 482 g/mol. The van der Waals surface area contributed by atoms with Crippen LogP contribution < -0.4 is 11.3 Å². The summed E-state index contributed by atoms with van der Waals surface area (Å²) < 4.78 is 20.9. The van der Waals surface area contributed by atoms with Crippen molar-refractivity contribution >= 4 is 28.5 Å². The Morgan fingerprint density at radius 1 is 1.31 bits per heavy atom. The average Bonchev–Trinajstić information content (AvgIpc) is 3.21. The Labute approximate surface area is 198 Å². The van der Waals surface area contributed by atoms with Crippen molar-refractivity contribution in [1.29, 1.82) is 0 Å². The maximum atomic E-state index is 14.4. The van der Waals surface area contributed by atoms with E-state index in [1.54, 1.807) is 13.0 Å². The molecule has 2 aromatic heterocycles. The highest BCUT2D eigenvalue weighted by Crippen LogP contribution is 2.40. The zero-order valence-corrected chi connectivity index (χ0v) is 19.1. The number of nitrogens with zero attached hydrogens (tertiary/aromatic N) is 3. The van der Waals surface area contributed by atoms with Gasteiger partial charge in [-0.15, -0.1) is 0 Å². The van der Waals surface area contributed by atoms with Gasteiger partial charge in [0.1, 0.15) is 19.0 Å². The van der Waals surface area contributed by atoms with E-state index in [0.717, 1.165) is 0 Å². The number of halogens is 1. The van der Waals surface area contributed by atoms with Gasteiger partial charge in [0.25, 0.3) is 5.56 Å². The fraction of sp³-hybridized carbons (Fsp3) is 0.333. The summed E-state index contributed by atoms with van der Waals surface area (Å²) in [6.45, 7) is 0.819. The Kier molecular flexibility index (Phi) is 5.15. The smallest absolute Gasteiger partial charge is 0.343 e. The number of amides is 1. The number of ether oxygens (including phenoxy) is 1. The molecule has 11 heteroatoms. The Morgan fingerprint density at radius 2 is 2.06 bits per heavy atom. The minimum atomic E-state index is -1.97. The first-order chi connectivity index (χ1) is 16.6. The number of pyridine rings is 2. The summed E-state index contributed by atoms with van der Waals surface area (Å²) in [6.07, 6.45) is 0.00351. The lowest BCUT2D eigenvalue weighted by atomic mass is 9.86. The monoisotopic (exact) mass is 482 g/mol. The van der Waals surface area contributed by atoms with Gasteiger partial charge < -0.3 is 30.2 Å². The second-order valence-electron chi connectivity index (χ2n) is 8.82. The predicted octanol–water partition coefficient (Wildman–Crippen LogP) is 0.752. The summed E-state index contributed by atoms with van der Waals surface area (Å²) in [5.41, 5.74) is 5.87. The quantitative estimate of drug-likeness (QED) is 0.285. The molecule has 3 aromatic rings. The summed E-state index contributed by atoms with van der Waals surface area (Å²) in [4.78, 5) is 43.8. The first-order valence-corrected chi connectivity index (χ1v) is 11.0. The third kappa shape index (κ3) is 3.22. The number of cyclic esters (lactones) is 1. The fourth-order valence-electron chi connectivity index (χ4n) is 4.83. The van der Waals surface area contributed by atoms with E-state index < -0.39 is 35.5 Å². The van der Waals surface area contributed by atoms with Crippen molar-refractivity contribution in [1.82, 2.24) is 14.5 Å². The zero-order valence-electron chi connectivity index (χ0n) is 19.1. The minimum Gasteiger partial charge on any atom is -0.458 e. The molecule has 4 N–H and O–H groups in total. The minimum absolute atomic E-state index is 0.00351. The van der Waals surface area contributed by atoms with Gasteiger partial charge in [0.05, 0.1) is 34.7 Å². The van der Waals surface area contributed by atoms with Crippen LogP contribution in [0.3, 0.4) is 0 Å². The molecule has 0 bridgehead atoms. The van der Waals surface area contributed by atoms with Crippen molar-refractivity contribution in [3.63, 3.8) is 0 Å². The molecule has 35 heavy (non-hydrogen) atoms. The lowest BCUT2D eigenvalue weighted by Gasteiger charge is -2.31. The third-order valence-corrected chi connectivity index (χ3v) is 6.88. The number of aliphatic hydroxyl groups is 2. The number of esters is 1. The van der Waals surface area contributed by atoms with Crippen LogP contribution >= 0.6 is 0 Å². The summed E-state index contributed by atoms with van der Waals surface area (Å²) >= 11 is 0. The number of carbonyl (C=O) groups excluding carboxylic acids is 2. The van der Waals surface area contributed by atoms with Crippen LogP contribution in [0.4, 0.5) is 10.1 Å². The number of carbonyl (C=O) groups is 2. The third-order valence-electron chi connectivity index (χ3n) is 6.88. The summed E-state index contributed by atoms with van der Waals surface area (Å²) in [5, 5.41) is 20.8. The second-order valence-corrected chi connectivity index (χ2v) is 8.82. The van der Waals surface area contributed by atoms with Gasteiger partial charge in [-0.05, 0) is 24.1 Å². The van der Waals surface area contributed by atoms with E-state index in [2.05, 4.69) is 4.98 Å². The van der Waals surface area contributed by atoms with E-state index in [9.17, 15) is 29.0 Å². The standard InChI is InChI=1S/C24H23FN4O6/c1-3-24(34)15-5-19-21-13(8-29(19)22(32)14(15)10-35-23(24)33)12(7-28(2)20(31)9-30)11-4-17(26)16(25)6-18(11)27-21/h4-6,30,34H,3,7-10,26H2,1-2H3. The normalized spacial score (nSPS) is 18.1. The number of fused-ring (bicyclic) bond motifs is 5. The van der Waals surface area contributed by atoms with Crippen LogP contribution in [-0.4, -0.2) is 50.2 Å². The van der Waals surface area contributed by atoms with Gasteiger partial charge in [-0.2, -0.15) is 0 Å². The lowest BCUT2D eigenvalue weighted by Crippen LogP contribution is -2.44. The molecule has 4 heterocycles. The van der Waals surface area contributed by atoms with E-state index in [0.29, 0.717) is 27.9 Å². The Balaban J connectivity index is 1.80. The maximum absolute atomic E-state index is 14.4. The Hall–Kier alpha value is -3.83. The van der Waals surface area contributed by atoms with Gasteiger partial charge in [0.2, 0.25) is 5.91 Å². The highest BCUT2D eigenvalue weighted by atomic mass is 19.1. The molecule has 0 aliphatic carbocycles. The fourth-order valence-corrected chi connectivity index (χ4v) is 4.83. The Morgan fingerprint density at radius 3 is 2.74 bits per heavy atom. The SMILES string of the molecule is CCC1(O)C(=O)OCc2c1cc1n(c2=O)Cc2c-1nc1cc(F)c(N)cc1c2CN(C)C(=O)CO. The van der Waals surface area contributed by atoms with Gasteiger partial charge in [-0.3, -0.25) is 9.59 Å². The molecular weight excluding hydrogens is 459 g/mol. The zero-order chi connectivity index (χ0) is 25.2. The van der Waals surface area contributed by atoms with Crippen LogP contribution in [0.15, 0.2) is 23.0 Å². The number of rotatable bonds is 4. The molecule has 0 fully saturated rings. The molecule has 1 unspecified atom stereocenters. The van der Waals surface area contributed by atoms with E-state index in [1.807, 2.05) is 0 Å². The first-order valence-electron chi connectivity index (χ1n) is 11.0. The number of aromatic nitrogens is 2. The van der Waals surface area contributed by atoms with Crippen molar-refractivity contribution in [3.8, 4) is 11.4 Å². The molecule has 5 rings (SSSR count). The van der Waals surface area contributed by atoms with Crippen LogP contribution in [0, 0.1) is 5.82 Å². The van der Waals surface area contributed by atoms with Crippen LogP contribution in [0.5, 0.6) is 0 Å². The summed E-state index contributed by atoms with van der Waals surface area (Å²) in [7, 11) is 1.52. The van der Waals surface area contributed by atoms with Crippen LogP contribution in [0.2, 0.25) is 0 Å². The highest BCUT2D eigenvalue weighted by molar-refractivity contribution is 5.91.